The van der Waals surface area contributed by atoms with E-state index in [1.54, 1.807) is 6.08 Å². The maximum Gasteiger partial charge on any atom is 0.268 e. The zero-order chi connectivity index (χ0) is 39.3. The fourth-order valence-corrected chi connectivity index (χ4v) is 7.05. The molecule has 8 nitrogen and oxygen atoms in total. The second-order valence-corrected chi connectivity index (χ2v) is 17.8. The van der Waals surface area contributed by atoms with Crippen LogP contribution in [-0.4, -0.2) is 68.5 Å². The van der Waals surface area contributed by atoms with E-state index in [1.165, 1.54) is 128 Å². The summed E-state index contributed by atoms with van der Waals surface area (Å²) >= 11 is 0. The van der Waals surface area contributed by atoms with Gasteiger partial charge in [0.2, 0.25) is 5.91 Å². The maximum absolute atomic E-state index is 12.8. The first-order chi connectivity index (χ1) is 25.5. The molecule has 53 heavy (non-hydrogen) atoms. The third kappa shape index (κ3) is 39.0. The largest absolute Gasteiger partial charge is 0.756 e. The summed E-state index contributed by atoms with van der Waals surface area (Å²) in [6.45, 7) is 4.62. The molecule has 0 aliphatic carbocycles. The number of hydrogen-bond acceptors (Lipinski definition) is 6. The van der Waals surface area contributed by atoms with Crippen LogP contribution < -0.4 is 10.2 Å². The van der Waals surface area contributed by atoms with Crippen molar-refractivity contribution in [3.05, 3.63) is 24.3 Å². The van der Waals surface area contributed by atoms with Crippen LogP contribution in [0.25, 0.3) is 0 Å². The highest BCUT2D eigenvalue weighted by atomic mass is 31.2. The van der Waals surface area contributed by atoms with Crippen molar-refractivity contribution in [3.8, 4) is 0 Å². The minimum absolute atomic E-state index is 0.00162. The number of likely N-dealkylation sites (N-methyl/N-ethyl adjacent to an activating group) is 1. The highest BCUT2D eigenvalue weighted by Gasteiger charge is 2.23. The van der Waals surface area contributed by atoms with Crippen LogP contribution in [0.3, 0.4) is 0 Å². The van der Waals surface area contributed by atoms with Crippen LogP contribution in [0.2, 0.25) is 0 Å². The van der Waals surface area contributed by atoms with E-state index in [-0.39, 0.29) is 19.1 Å². The Bertz CT molecular complexity index is 922. The van der Waals surface area contributed by atoms with Gasteiger partial charge in [-0.15, -0.1) is 0 Å². The zero-order valence-corrected chi connectivity index (χ0v) is 36.4. The summed E-state index contributed by atoms with van der Waals surface area (Å²) in [4.78, 5) is 25.2. The van der Waals surface area contributed by atoms with Gasteiger partial charge in [0.05, 0.1) is 39.9 Å². The molecule has 9 heteroatoms. The zero-order valence-electron chi connectivity index (χ0n) is 35.5. The van der Waals surface area contributed by atoms with Crippen LogP contribution in [-0.2, 0) is 18.4 Å². The van der Waals surface area contributed by atoms with Crippen molar-refractivity contribution in [3.63, 3.8) is 0 Å². The Morgan fingerprint density at radius 3 is 1.51 bits per heavy atom. The number of nitrogens with one attached hydrogen (secondary N) is 1. The van der Waals surface area contributed by atoms with E-state index in [9.17, 15) is 19.4 Å². The van der Waals surface area contributed by atoms with Crippen LogP contribution in [0.1, 0.15) is 200 Å². The summed E-state index contributed by atoms with van der Waals surface area (Å²) in [5.74, 6) is -0.207. The van der Waals surface area contributed by atoms with Gasteiger partial charge in [0.1, 0.15) is 13.2 Å². The van der Waals surface area contributed by atoms with Crippen LogP contribution in [0.15, 0.2) is 24.3 Å². The third-order valence-corrected chi connectivity index (χ3v) is 10.9. The Kier molecular flexibility index (Phi) is 35.9. The molecule has 1 amide bonds. The van der Waals surface area contributed by atoms with Crippen molar-refractivity contribution in [2.24, 2.45) is 0 Å². The number of aliphatic hydroxyl groups is 1. The summed E-state index contributed by atoms with van der Waals surface area (Å²) < 4.78 is 23.2. The molecule has 0 fully saturated rings. The monoisotopic (exact) mass is 771 g/mol. The van der Waals surface area contributed by atoms with E-state index in [2.05, 4.69) is 31.3 Å². The topological polar surface area (TPSA) is 108 Å². The van der Waals surface area contributed by atoms with E-state index in [0.717, 1.165) is 51.4 Å². The molecule has 0 spiro atoms. The van der Waals surface area contributed by atoms with E-state index in [0.29, 0.717) is 17.4 Å². The number of phosphoric acid groups is 1. The van der Waals surface area contributed by atoms with E-state index in [4.69, 9.17) is 9.05 Å². The lowest BCUT2D eigenvalue weighted by Crippen LogP contribution is -2.45. The number of carbonyl (C=O) groups excluding carboxylic acids is 1. The SMILES string of the molecule is CCCCC/C=C\CCCCCCCC(=O)NC(COP(=O)([O-])OCC[N+](C)(C)C)C(O)/C=C/CCCCCCCCCCCCCCCCCCC. The molecule has 0 radical (unpaired) electrons. The number of allylic oxidation sites excluding steroid dienone is 3. The number of rotatable bonds is 40. The number of aliphatic hydroxyl groups excluding tert-OH is 1. The number of unbranched alkanes of at least 4 members (excludes halogenated alkanes) is 25. The average molecular weight is 771 g/mol. The predicted molar refractivity (Wildman–Crippen MR) is 224 cm³/mol. The highest BCUT2D eigenvalue weighted by molar-refractivity contribution is 7.45. The van der Waals surface area contributed by atoms with Gasteiger partial charge in [0.15, 0.2) is 0 Å². The Hall–Kier alpha value is -1.02. The molecule has 3 atom stereocenters. The quantitative estimate of drug-likeness (QED) is 0.0278. The van der Waals surface area contributed by atoms with E-state index in [1.807, 2.05) is 27.2 Å². The Morgan fingerprint density at radius 1 is 0.642 bits per heavy atom. The van der Waals surface area contributed by atoms with Crippen LogP contribution in [0.5, 0.6) is 0 Å². The van der Waals surface area contributed by atoms with Crippen molar-refractivity contribution >= 4 is 13.7 Å². The number of nitrogens with zero attached hydrogens (tertiary/aromatic N) is 1. The average Bonchev–Trinajstić information content (AvgIpc) is 3.10. The molecule has 2 N–H and O–H groups in total. The number of phosphoric ester groups is 1. The molecule has 0 saturated carbocycles. The molecule has 314 valence electrons. The second kappa shape index (κ2) is 36.6. The molecule has 0 heterocycles. The highest BCUT2D eigenvalue weighted by Crippen LogP contribution is 2.38. The Balaban J connectivity index is 4.40. The molecule has 0 aromatic rings. The van der Waals surface area contributed by atoms with Gasteiger partial charge in [-0.25, -0.2) is 0 Å². The number of carbonyl (C=O) groups is 1. The first-order valence-corrected chi connectivity index (χ1v) is 23.7. The first-order valence-electron chi connectivity index (χ1n) is 22.2. The second-order valence-electron chi connectivity index (χ2n) is 16.4. The number of amides is 1. The van der Waals surface area contributed by atoms with Gasteiger partial charge in [-0.3, -0.25) is 9.36 Å². The molecule has 0 aromatic carbocycles. The summed E-state index contributed by atoms with van der Waals surface area (Å²) in [6, 6.07) is -0.886. The van der Waals surface area contributed by atoms with Gasteiger partial charge >= 0.3 is 0 Å². The maximum atomic E-state index is 12.8. The van der Waals surface area contributed by atoms with Gasteiger partial charge in [-0.1, -0.05) is 173 Å². The number of hydrogen-bond donors (Lipinski definition) is 2. The normalized spacial score (nSPS) is 14.6. The Labute approximate surface area is 328 Å². The van der Waals surface area contributed by atoms with Crippen molar-refractivity contribution in [2.75, 3.05) is 40.9 Å². The van der Waals surface area contributed by atoms with Crippen LogP contribution in [0, 0.1) is 0 Å². The lowest BCUT2D eigenvalue weighted by molar-refractivity contribution is -0.870. The first kappa shape index (κ1) is 52.0. The molecule has 0 aliphatic rings. The van der Waals surface area contributed by atoms with Crippen molar-refractivity contribution in [1.29, 1.82) is 0 Å². The van der Waals surface area contributed by atoms with E-state index < -0.39 is 20.0 Å². The van der Waals surface area contributed by atoms with Gasteiger partial charge < -0.3 is 28.8 Å². The molecule has 0 saturated heterocycles. The van der Waals surface area contributed by atoms with E-state index >= 15 is 0 Å². The summed E-state index contributed by atoms with van der Waals surface area (Å²) in [6.07, 6.45) is 42.2. The third-order valence-electron chi connectivity index (χ3n) is 9.91. The molecule has 0 rings (SSSR count). The molecule has 3 unspecified atom stereocenters. The minimum atomic E-state index is -4.58. The molecule has 0 aromatic heterocycles. The predicted octanol–water partition coefficient (Wildman–Crippen LogP) is 11.5. The summed E-state index contributed by atoms with van der Waals surface area (Å²) in [5, 5.41) is 13.8. The lowest BCUT2D eigenvalue weighted by atomic mass is 10.0. The standard InChI is InChI=1S/C44H87N2O6P/c1-6-8-10-12-14-16-18-20-21-22-23-24-25-26-27-29-31-33-35-37-43(47)42(41-52-53(49,50)51-40-39-46(3,4)5)45-44(48)38-36-34-32-30-28-19-17-15-13-11-9-7-2/h15,17,35,37,42-43,47H,6-14,16,18-34,36,38-41H2,1-5H3,(H-,45,48,49,50)/b17-15-,37-35+. The van der Waals surface area contributed by atoms with Gasteiger partial charge in [0, 0.05) is 6.42 Å². The van der Waals surface area contributed by atoms with Crippen LogP contribution >= 0.6 is 7.82 Å². The number of quaternary nitrogens is 1. The van der Waals surface area contributed by atoms with Crippen molar-refractivity contribution in [2.45, 2.75) is 212 Å². The van der Waals surface area contributed by atoms with Crippen LogP contribution in [0.4, 0.5) is 0 Å². The minimum Gasteiger partial charge on any atom is -0.756 e. The lowest BCUT2D eigenvalue weighted by Gasteiger charge is -2.29. The summed E-state index contributed by atoms with van der Waals surface area (Å²) in [7, 11) is 1.26. The van der Waals surface area contributed by atoms with Gasteiger partial charge in [0.25, 0.3) is 7.82 Å². The van der Waals surface area contributed by atoms with Gasteiger partial charge in [-0.2, -0.15) is 0 Å². The summed E-state index contributed by atoms with van der Waals surface area (Å²) in [5.41, 5.74) is 0. The Morgan fingerprint density at radius 2 is 1.04 bits per heavy atom. The molecule has 0 aliphatic heterocycles. The van der Waals surface area contributed by atoms with Crippen molar-refractivity contribution < 1.29 is 32.9 Å². The fourth-order valence-electron chi connectivity index (χ4n) is 6.32. The van der Waals surface area contributed by atoms with Crippen molar-refractivity contribution in [1.82, 2.24) is 5.32 Å². The molecule has 0 bridgehead atoms. The molecular formula is C44H87N2O6P. The fraction of sp³-hybridized carbons (Fsp3) is 0.886. The smallest absolute Gasteiger partial charge is 0.268 e. The molecular weight excluding hydrogens is 683 g/mol. The van der Waals surface area contributed by atoms with Gasteiger partial charge in [-0.05, 0) is 44.9 Å².